The van der Waals surface area contributed by atoms with Gasteiger partial charge in [-0.15, -0.1) is 0 Å². The standard InChI is InChI=1S/C14H28N2O/c1-3-12(11-17-2)16-10-5-4-8-14(16)13-7-6-9-15-13/h12-15H,3-11H2,1-2H3. The molecule has 0 aromatic carbocycles. The second-order valence-electron chi connectivity index (χ2n) is 5.52. The molecule has 100 valence electrons. The SMILES string of the molecule is CCC(COC)N1CCCCC1C1CCCN1. The Bertz CT molecular complexity index is 216. The van der Waals surface area contributed by atoms with Crippen LogP contribution in [0, 0.1) is 0 Å². The van der Waals surface area contributed by atoms with Crippen LogP contribution in [0.4, 0.5) is 0 Å². The van der Waals surface area contributed by atoms with Gasteiger partial charge in [-0.3, -0.25) is 4.90 Å². The summed E-state index contributed by atoms with van der Waals surface area (Å²) in [5.41, 5.74) is 0. The zero-order valence-corrected chi connectivity index (χ0v) is 11.5. The van der Waals surface area contributed by atoms with Crippen molar-refractivity contribution in [3.05, 3.63) is 0 Å². The zero-order valence-electron chi connectivity index (χ0n) is 11.5. The highest BCUT2D eigenvalue weighted by molar-refractivity contribution is 4.92. The molecule has 0 amide bonds. The summed E-state index contributed by atoms with van der Waals surface area (Å²) >= 11 is 0. The maximum Gasteiger partial charge on any atom is 0.0618 e. The molecular weight excluding hydrogens is 212 g/mol. The van der Waals surface area contributed by atoms with E-state index in [4.69, 9.17) is 4.74 Å². The fourth-order valence-electron chi connectivity index (χ4n) is 3.55. The molecular formula is C14H28N2O. The van der Waals surface area contributed by atoms with Crippen molar-refractivity contribution in [1.29, 1.82) is 0 Å². The number of ether oxygens (including phenoxy) is 1. The predicted octanol–water partition coefficient (Wildman–Crippen LogP) is 2.02. The molecule has 2 saturated heterocycles. The summed E-state index contributed by atoms with van der Waals surface area (Å²) in [5.74, 6) is 0. The minimum atomic E-state index is 0.618. The van der Waals surface area contributed by atoms with Crippen molar-refractivity contribution in [2.75, 3.05) is 26.8 Å². The van der Waals surface area contributed by atoms with Crippen molar-refractivity contribution in [2.24, 2.45) is 0 Å². The van der Waals surface area contributed by atoms with Crippen LogP contribution in [0.25, 0.3) is 0 Å². The van der Waals surface area contributed by atoms with Gasteiger partial charge < -0.3 is 10.1 Å². The molecule has 0 radical (unpaired) electrons. The Morgan fingerprint density at radius 3 is 2.82 bits per heavy atom. The number of rotatable bonds is 5. The van der Waals surface area contributed by atoms with Gasteiger partial charge in [0.1, 0.15) is 0 Å². The molecule has 2 aliphatic heterocycles. The van der Waals surface area contributed by atoms with E-state index in [0.29, 0.717) is 6.04 Å². The van der Waals surface area contributed by atoms with Crippen LogP contribution < -0.4 is 5.32 Å². The van der Waals surface area contributed by atoms with Gasteiger partial charge in [0.2, 0.25) is 0 Å². The minimum absolute atomic E-state index is 0.618. The van der Waals surface area contributed by atoms with Gasteiger partial charge in [-0.25, -0.2) is 0 Å². The van der Waals surface area contributed by atoms with Crippen LogP contribution in [0.1, 0.15) is 45.4 Å². The molecule has 0 aromatic heterocycles. The van der Waals surface area contributed by atoms with Crippen molar-refractivity contribution >= 4 is 0 Å². The topological polar surface area (TPSA) is 24.5 Å². The Hall–Kier alpha value is -0.120. The number of methoxy groups -OCH3 is 1. The van der Waals surface area contributed by atoms with Gasteiger partial charge in [0.15, 0.2) is 0 Å². The van der Waals surface area contributed by atoms with Crippen molar-refractivity contribution in [1.82, 2.24) is 10.2 Å². The molecule has 2 rings (SSSR count). The number of piperidine rings is 1. The minimum Gasteiger partial charge on any atom is -0.383 e. The molecule has 2 fully saturated rings. The van der Waals surface area contributed by atoms with Crippen molar-refractivity contribution < 1.29 is 4.74 Å². The maximum absolute atomic E-state index is 5.40. The lowest BCUT2D eigenvalue weighted by Crippen LogP contribution is -2.55. The van der Waals surface area contributed by atoms with Crippen molar-refractivity contribution in [3.8, 4) is 0 Å². The average molecular weight is 240 g/mol. The van der Waals surface area contributed by atoms with Gasteiger partial charge in [-0.05, 0) is 45.2 Å². The largest absolute Gasteiger partial charge is 0.383 e. The third kappa shape index (κ3) is 3.21. The Labute approximate surface area is 106 Å². The van der Waals surface area contributed by atoms with Gasteiger partial charge in [0.25, 0.3) is 0 Å². The molecule has 2 aliphatic rings. The van der Waals surface area contributed by atoms with E-state index in [1.807, 2.05) is 7.11 Å². The van der Waals surface area contributed by atoms with Gasteiger partial charge in [0, 0.05) is 25.2 Å². The molecule has 3 atom stereocenters. The quantitative estimate of drug-likeness (QED) is 0.795. The lowest BCUT2D eigenvalue weighted by molar-refractivity contribution is 0.0263. The average Bonchev–Trinajstić information content (AvgIpc) is 2.90. The fourth-order valence-corrected chi connectivity index (χ4v) is 3.55. The molecule has 0 saturated carbocycles. The predicted molar refractivity (Wildman–Crippen MR) is 71.3 cm³/mol. The summed E-state index contributed by atoms with van der Waals surface area (Å²) in [4.78, 5) is 2.73. The first-order valence-corrected chi connectivity index (χ1v) is 7.35. The van der Waals surface area contributed by atoms with Gasteiger partial charge in [-0.2, -0.15) is 0 Å². The molecule has 3 unspecified atom stereocenters. The van der Waals surface area contributed by atoms with E-state index < -0.39 is 0 Å². The summed E-state index contributed by atoms with van der Waals surface area (Å²) < 4.78 is 5.40. The molecule has 3 heteroatoms. The molecule has 0 bridgehead atoms. The smallest absolute Gasteiger partial charge is 0.0618 e. The number of hydrogen-bond acceptors (Lipinski definition) is 3. The van der Waals surface area contributed by atoms with Crippen LogP contribution >= 0.6 is 0 Å². The first kappa shape index (κ1) is 13.3. The Kier molecular flexibility index (Phi) is 5.26. The van der Waals surface area contributed by atoms with E-state index in [2.05, 4.69) is 17.1 Å². The van der Waals surface area contributed by atoms with Crippen LogP contribution in [0.15, 0.2) is 0 Å². The summed E-state index contributed by atoms with van der Waals surface area (Å²) in [7, 11) is 1.83. The normalized spacial score (nSPS) is 32.8. The van der Waals surface area contributed by atoms with E-state index in [9.17, 15) is 0 Å². The monoisotopic (exact) mass is 240 g/mol. The molecule has 17 heavy (non-hydrogen) atoms. The Morgan fingerprint density at radius 1 is 1.29 bits per heavy atom. The molecule has 0 spiro atoms. The lowest BCUT2D eigenvalue weighted by atomic mass is 9.92. The van der Waals surface area contributed by atoms with Crippen LogP contribution in [0.5, 0.6) is 0 Å². The second kappa shape index (κ2) is 6.72. The summed E-state index contributed by atoms with van der Waals surface area (Å²) in [6.07, 6.45) is 8.07. The molecule has 3 nitrogen and oxygen atoms in total. The number of hydrogen-bond donors (Lipinski definition) is 1. The number of likely N-dealkylation sites (tertiary alicyclic amines) is 1. The number of nitrogens with zero attached hydrogens (tertiary/aromatic N) is 1. The van der Waals surface area contributed by atoms with Gasteiger partial charge in [-0.1, -0.05) is 13.3 Å². The highest BCUT2D eigenvalue weighted by Gasteiger charge is 2.34. The van der Waals surface area contributed by atoms with Crippen molar-refractivity contribution in [3.63, 3.8) is 0 Å². The van der Waals surface area contributed by atoms with E-state index in [1.54, 1.807) is 0 Å². The van der Waals surface area contributed by atoms with E-state index >= 15 is 0 Å². The summed E-state index contributed by atoms with van der Waals surface area (Å²) in [6, 6.07) is 2.11. The molecule has 0 aliphatic carbocycles. The first-order valence-electron chi connectivity index (χ1n) is 7.35. The van der Waals surface area contributed by atoms with Gasteiger partial charge >= 0.3 is 0 Å². The first-order chi connectivity index (χ1) is 8.36. The molecule has 1 N–H and O–H groups in total. The van der Waals surface area contributed by atoms with E-state index in [-0.39, 0.29) is 0 Å². The van der Waals surface area contributed by atoms with Gasteiger partial charge in [0.05, 0.1) is 6.61 Å². The highest BCUT2D eigenvalue weighted by atomic mass is 16.5. The Balaban J connectivity index is 1.99. The van der Waals surface area contributed by atoms with Crippen LogP contribution in [-0.2, 0) is 4.74 Å². The maximum atomic E-state index is 5.40. The second-order valence-corrected chi connectivity index (χ2v) is 5.52. The third-order valence-corrected chi connectivity index (χ3v) is 4.45. The Morgan fingerprint density at radius 2 is 2.18 bits per heavy atom. The summed E-state index contributed by atoms with van der Waals surface area (Å²) in [5, 5.41) is 3.69. The van der Waals surface area contributed by atoms with E-state index in [0.717, 1.165) is 18.7 Å². The van der Waals surface area contributed by atoms with E-state index in [1.165, 1.54) is 51.6 Å². The van der Waals surface area contributed by atoms with Crippen LogP contribution in [-0.4, -0.2) is 49.8 Å². The number of nitrogens with one attached hydrogen (secondary N) is 1. The lowest BCUT2D eigenvalue weighted by Gasteiger charge is -2.43. The fraction of sp³-hybridized carbons (Fsp3) is 1.00. The summed E-state index contributed by atoms with van der Waals surface area (Å²) in [6.45, 7) is 5.66. The molecule has 2 heterocycles. The van der Waals surface area contributed by atoms with Crippen LogP contribution in [0.2, 0.25) is 0 Å². The highest BCUT2D eigenvalue weighted by Crippen LogP contribution is 2.26. The zero-order chi connectivity index (χ0) is 12.1. The van der Waals surface area contributed by atoms with Crippen molar-refractivity contribution in [2.45, 2.75) is 63.6 Å². The third-order valence-electron chi connectivity index (χ3n) is 4.45. The molecule has 0 aromatic rings. The van der Waals surface area contributed by atoms with Crippen LogP contribution in [0.3, 0.4) is 0 Å².